The third-order valence-electron chi connectivity index (χ3n) is 4.12. The van der Waals surface area contributed by atoms with Crippen LogP contribution in [0.15, 0.2) is 40.5 Å². The molecule has 2 aromatic heterocycles. The molecule has 1 N–H and O–H groups in total. The van der Waals surface area contributed by atoms with Crippen molar-refractivity contribution in [2.24, 2.45) is 5.10 Å². The van der Waals surface area contributed by atoms with Gasteiger partial charge in [-0.3, -0.25) is 4.79 Å². The Kier molecular flexibility index (Phi) is 3.46. The number of fused-ring (bicyclic) bond motifs is 3. The fraction of sp³-hybridized carbons (Fsp3) is 0.235. The standard InChI is InChI=1S/C17H15N3O2S/c21-13-7-3-1-5-11(13)9-19-20-10-18-16-15(17(20)22)12-6-2-4-8-14(12)23-16/h1,3,5,7,9-10,21H,2,4,6,8H2/b19-9-. The molecule has 116 valence electrons. The van der Waals surface area contributed by atoms with E-state index in [1.807, 2.05) is 0 Å². The number of benzene rings is 1. The van der Waals surface area contributed by atoms with E-state index in [1.165, 1.54) is 28.5 Å². The maximum absolute atomic E-state index is 12.7. The quantitative estimate of drug-likeness (QED) is 0.737. The Balaban J connectivity index is 1.81. The summed E-state index contributed by atoms with van der Waals surface area (Å²) < 4.78 is 1.25. The summed E-state index contributed by atoms with van der Waals surface area (Å²) in [4.78, 5) is 19.2. The number of phenolic OH excluding ortho intramolecular Hbond substituents is 1. The second-order valence-electron chi connectivity index (χ2n) is 5.59. The number of nitrogens with zero attached hydrogens (tertiary/aromatic N) is 3. The van der Waals surface area contributed by atoms with Gasteiger partial charge in [0.2, 0.25) is 0 Å². The van der Waals surface area contributed by atoms with Crippen LogP contribution in [0.5, 0.6) is 5.75 Å². The van der Waals surface area contributed by atoms with Crippen LogP contribution in [0, 0.1) is 0 Å². The number of para-hydroxylation sites is 1. The molecule has 0 saturated carbocycles. The first-order valence-electron chi connectivity index (χ1n) is 7.58. The molecule has 3 aromatic rings. The van der Waals surface area contributed by atoms with Gasteiger partial charge in [-0.25, -0.2) is 4.98 Å². The van der Waals surface area contributed by atoms with E-state index in [0.717, 1.165) is 29.7 Å². The predicted molar refractivity (Wildman–Crippen MR) is 91.6 cm³/mol. The van der Waals surface area contributed by atoms with E-state index < -0.39 is 0 Å². The van der Waals surface area contributed by atoms with Crippen LogP contribution >= 0.6 is 11.3 Å². The zero-order chi connectivity index (χ0) is 15.8. The third kappa shape index (κ3) is 2.45. The molecule has 0 bridgehead atoms. The zero-order valence-electron chi connectivity index (χ0n) is 12.4. The summed E-state index contributed by atoms with van der Waals surface area (Å²) in [6.07, 6.45) is 7.20. The van der Waals surface area contributed by atoms with Gasteiger partial charge in [-0.15, -0.1) is 11.3 Å². The summed E-state index contributed by atoms with van der Waals surface area (Å²) in [5.41, 5.74) is 1.58. The van der Waals surface area contributed by atoms with Gasteiger partial charge in [0.25, 0.3) is 5.56 Å². The SMILES string of the molecule is O=c1c2c3c(sc2ncn1/N=C\c1ccccc1O)CCCC3. The maximum Gasteiger partial charge on any atom is 0.282 e. The Labute approximate surface area is 136 Å². The fourth-order valence-electron chi connectivity index (χ4n) is 2.94. The van der Waals surface area contributed by atoms with E-state index in [1.54, 1.807) is 35.6 Å². The van der Waals surface area contributed by atoms with Crippen LogP contribution in [0.25, 0.3) is 10.2 Å². The van der Waals surface area contributed by atoms with Gasteiger partial charge < -0.3 is 5.11 Å². The Hall–Kier alpha value is -2.47. The van der Waals surface area contributed by atoms with E-state index in [-0.39, 0.29) is 11.3 Å². The molecule has 1 aliphatic carbocycles. The van der Waals surface area contributed by atoms with Crippen LogP contribution in [0.1, 0.15) is 28.8 Å². The van der Waals surface area contributed by atoms with Crippen molar-refractivity contribution in [3.63, 3.8) is 0 Å². The topological polar surface area (TPSA) is 67.5 Å². The molecular formula is C17H15N3O2S. The summed E-state index contributed by atoms with van der Waals surface area (Å²) in [6, 6.07) is 6.87. The van der Waals surface area contributed by atoms with Gasteiger partial charge in [0.15, 0.2) is 0 Å². The number of thiophene rings is 1. The normalized spacial score (nSPS) is 14.4. The smallest absolute Gasteiger partial charge is 0.282 e. The highest BCUT2D eigenvalue weighted by molar-refractivity contribution is 7.18. The van der Waals surface area contributed by atoms with Crippen molar-refractivity contribution in [2.45, 2.75) is 25.7 Å². The molecule has 0 fully saturated rings. The van der Waals surface area contributed by atoms with Crippen molar-refractivity contribution in [3.8, 4) is 5.75 Å². The fourth-order valence-corrected chi connectivity index (χ4v) is 4.16. The van der Waals surface area contributed by atoms with Crippen LogP contribution in [0.4, 0.5) is 0 Å². The predicted octanol–water partition coefficient (Wildman–Crippen LogP) is 2.92. The molecule has 1 aromatic carbocycles. The van der Waals surface area contributed by atoms with Gasteiger partial charge >= 0.3 is 0 Å². The van der Waals surface area contributed by atoms with Crippen molar-refractivity contribution in [2.75, 3.05) is 0 Å². The molecule has 0 saturated heterocycles. The van der Waals surface area contributed by atoms with Gasteiger partial charge in [0, 0.05) is 10.4 Å². The Morgan fingerprint density at radius 3 is 2.96 bits per heavy atom. The van der Waals surface area contributed by atoms with Crippen LogP contribution in [-0.4, -0.2) is 21.0 Å². The van der Waals surface area contributed by atoms with Gasteiger partial charge in [-0.05, 0) is 43.4 Å². The molecule has 0 unspecified atom stereocenters. The maximum atomic E-state index is 12.7. The van der Waals surface area contributed by atoms with Gasteiger partial charge in [0.1, 0.15) is 16.9 Å². The van der Waals surface area contributed by atoms with E-state index in [2.05, 4.69) is 10.1 Å². The van der Waals surface area contributed by atoms with Crippen molar-refractivity contribution in [1.82, 2.24) is 9.66 Å². The second kappa shape index (κ2) is 5.62. The number of hydrogen-bond donors (Lipinski definition) is 1. The van der Waals surface area contributed by atoms with E-state index >= 15 is 0 Å². The summed E-state index contributed by atoms with van der Waals surface area (Å²) in [6.45, 7) is 0. The highest BCUT2D eigenvalue weighted by Gasteiger charge is 2.19. The largest absolute Gasteiger partial charge is 0.507 e. The number of aromatic hydroxyl groups is 1. The third-order valence-corrected chi connectivity index (χ3v) is 5.32. The summed E-state index contributed by atoms with van der Waals surface area (Å²) in [5, 5.41) is 14.6. The van der Waals surface area contributed by atoms with Gasteiger partial charge in [0.05, 0.1) is 11.6 Å². The van der Waals surface area contributed by atoms with Crippen molar-refractivity contribution in [1.29, 1.82) is 0 Å². The molecule has 0 spiro atoms. The lowest BCUT2D eigenvalue weighted by Gasteiger charge is -2.09. The molecule has 2 heterocycles. The first kappa shape index (κ1) is 14.1. The summed E-state index contributed by atoms with van der Waals surface area (Å²) in [7, 11) is 0. The van der Waals surface area contributed by atoms with Crippen LogP contribution in [0.3, 0.4) is 0 Å². The molecule has 0 amide bonds. The molecule has 1 aliphatic rings. The average Bonchev–Trinajstić information content (AvgIpc) is 2.95. The lowest BCUT2D eigenvalue weighted by atomic mass is 9.97. The Morgan fingerprint density at radius 1 is 1.26 bits per heavy atom. The molecule has 0 atom stereocenters. The minimum absolute atomic E-state index is 0.131. The highest BCUT2D eigenvalue weighted by atomic mass is 32.1. The summed E-state index contributed by atoms with van der Waals surface area (Å²) >= 11 is 1.62. The van der Waals surface area contributed by atoms with Gasteiger partial charge in [-0.2, -0.15) is 9.78 Å². The number of aryl methyl sites for hydroxylation is 2. The minimum Gasteiger partial charge on any atom is -0.507 e. The molecule has 0 aliphatic heterocycles. The van der Waals surface area contributed by atoms with Crippen LogP contribution in [-0.2, 0) is 12.8 Å². The summed E-state index contributed by atoms with van der Waals surface area (Å²) in [5.74, 6) is 0.131. The molecule has 4 rings (SSSR count). The molecule has 6 heteroatoms. The van der Waals surface area contributed by atoms with Crippen molar-refractivity contribution >= 4 is 27.8 Å². The number of hydrogen-bond acceptors (Lipinski definition) is 5. The number of aromatic nitrogens is 2. The molecule has 0 radical (unpaired) electrons. The second-order valence-corrected chi connectivity index (χ2v) is 6.67. The highest BCUT2D eigenvalue weighted by Crippen LogP contribution is 2.33. The lowest BCUT2D eigenvalue weighted by Crippen LogP contribution is -2.18. The Bertz CT molecular complexity index is 972. The average molecular weight is 325 g/mol. The van der Waals surface area contributed by atoms with Crippen LogP contribution < -0.4 is 5.56 Å². The van der Waals surface area contributed by atoms with E-state index in [9.17, 15) is 9.90 Å². The van der Waals surface area contributed by atoms with Crippen LogP contribution in [0.2, 0.25) is 0 Å². The zero-order valence-corrected chi connectivity index (χ0v) is 13.2. The molecule has 5 nitrogen and oxygen atoms in total. The van der Waals surface area contributed by atoms with Crippen molar-refractivity contribution < 1.29 is 5.11 Å². The van der Waals surface area contributed by atoms with Gasteiger partial charge in [-0.1, -0.05) is 12.1 Å². The van der Waals surface area contributed by atoms with Crippen molar-refractivity contribution in [3.05, 3.63) is 57.0 Å². The minimum atomic E-state index is -0.138. The lowest BCUT2D eigenvalue weighted by molar-refractivity contribution is 0.474. The Morgan fingerprint density at radius 2 is 2.09 bits per heavy atom. The van der Waals surface area contributed by atoms with E-state index in [0.29, 0.717) is 10.9 Å². The molecular weight excluding hydrogens is 310 g/mol. The number of phenols is 1. The first-order valence-corrected chi connectivity index (χ1v) is 8.40. The molecule has 23 heavy (non-hydrogen) atoms. The number of rotatable bonds is 2. The monoisotopic (exact) mass is 325 g/mol. The van der Waals surface area contributed by atoms with E-state index in [4.69, 9.17) is 0 Å². The first-order chi connectivity index (χ1) is 11.2.